The molecule has 19 heavy (non-hydrogen) atoms. The number of hydrogen-bond donors (Lipinski definition) is 1. The van der Waals surface area contributed by atoms with Crippen molar-refractivity contribution >= 4 is 22.6 Å². The molecule has 1 aliphatic rings. The molecular formula is C15H22N2OS. The first-order valence-electron chi connectivity index (χ1n) is 6.71. The Balaban J connectivity index is 2.01. The molecule has 0 bridgehead atoms. The summed E-state index contributed by atoms with van der Waals surface area (Å²) in [7, 11) is 0. The van der Waals surface area contributed by atoms with Crippen LogP contribution in [0.25, 0.3) is 0 Å². The molecule has 1 N–H and O–H groups in total. The van der Waals surface area contributed by atoms with Crippen LogP contribution in [0.3, 0.4) is 0 Å². The predicted octanol–water partition coefficient (Wildman–Crippen LogP) is 4.16. The van der Waals surface area contributed by atoms with E-state index < -0.39 is 0 Å². The summed E-state index contributed by atoms with van der Waals surface area (Å²) in [6.45, 7) is 8.41. The van der Waals surface area contributed by atoms with Crippen molar-refractivity contribution in [2.45, 2.75) is 45.8 Å². The molecule has 2 rings (SSSR count). The molecule has 1 aromatic carbocycles. The minimum Gasteiger partial charge on any atom is -0.491 e. The number of rotatable bonds is 3. The smallest absolute Gasteiger partial charge is 0.161 e. The third-order valence-electron chi connectivity index (χ3n) is 2.83. The molecule has 104 valence electrons. The lowest BCUT2D eigenvalue weighted by molar-refractivity contribution is 0.242. The molecule has 0 saturated carbocycles. The standard InChI is InChI=1S/C15H22N2OS/c1-11(2)18-13-7-5-12(6-8-13)16-14-17-15(3,4)9-10-19-14/h5-8,11H,9-10H2,1-4H3,(H,16,17). The van der Waals surface area contributed by atoms with Crippen molar-refractivity contribution in [3.8, 4) is 5.75 Å². The maximum absolute atomic E-state index is 5.63. The SMILES string of the molecule is CC(C)Oc1ccc(NC2=NC(C)(C)CCS2)cc1. The molecular weight excluding hydrogens is 256 g/mol. The minimum atomic E-state index is 0.0499. The zero-order chi connectivity index (χ0) is 13.9. The van der Waals surface area contributed by atoms with Crippen molar-refractivity contribution in [1.82, 2.24) is 0 Å². The van der Waals surface area contributed by atoms with Crippen molar-refractivity contribution in [2.75, 3.05) is 11.1 Å². The van der Waals surface area contributed by atoms with Gasteiger partial charge in [0.25, 0.3) is 0 Å². The van der Waals surface area contributed by atoms with Gasteiger partial charge in [-0.2, -0.15) is 0 Å². The number of hydrogen-bond acceptors (Lipinski definition) is 4. The van der Waals surface area contributed by atoms with Gasteiger partial charge in [0.2, 0.25) is 0 Å². The van der Waals surface area contributed by atoms with E-state index in [1.165, 1.54) is 0 Å². The van der Waals surface area contributed by atoms with Crippen LogP contribution in [0.15, 0.2) is 29.3 Å². The predicted molar refractivity (Wildman–Crippen MR) is 84.4 cm³/mol. The number of anilines is 1. The van der Waals surface area contributed by atoms with Gasteiger partial charge >= 0.3 is 0 Å². The van der Waals surface area contributed by atoms with Gasteiger partial charge < -0.3 is 10.1 Å². The second-order valence-corrected chi connectivity index (χ2v) is 6.73. The van der Waals surface area contributed by atoms with Crippen LogP contribution in [0.4, 0.5) is 5.69 Å². The Morgan fingerprint density at radius 3 is 2.53 bits per heavy atom. The van der Waals surface area contributed by atoms with Gasteiger partial charge in [-0.15, -0.1) is 0 Å². The summed E-state index contributed by atoms with van der Waals surface area (Å²) in [4.78, 5) is 4.72. The van der Waals surface area contributed by atoms with Crippen LogP contribution < -0.4 is 10.1 Å². The van der Waals surface area contributed by atoms with Crippen LogP contribution in [-0.2, 0) is 0 Å². The van der Waals surface area contributed by atoms with Crippen LogP contribution in [-0.4, -0.2) is 22.6 Å². The summed E-state index contributed by atoms with van der Waals surface area (Å²) in [5, 5.41) is 4.38. The lowest BCUT2D eigenvalue weighted by atomic mass is 10.0. The molecule has 0 atom stereocenters. The van der Waals surface area contributed by atoms with Gasteiger partial charge in [-0.3, -0.25) is 4.99 Å². The fourth-order valence-electron chi connectivity index (χ4n) is 1.84. The Hall–Kier alpha value is -1.16. The van der Waals surface area contributed by atoms with Crippen molar-refractivity contribution < 1.29 is 4.74 Å². The van der Waals surface area contributed by atoms with Crippen LogP contribution in [0.5, 0.6) is 5.75 Å². The molecule has 0 aliphatic carbocycles. The average Bonchev–Trinajstić information content (AvgIpc) is 2.30. The van der Waals surface area contributed by atoms with E-state index in [1.54, 1.807) is 11.8 Å². The van der Waals surface area contributed by atoms with E-state index in [2.05, 4.69) is 19.2 Å². The number of nitrogens with one attached hydrogen (secondary N) is 1. The summed E-state index contributed by atoms with van der Waals surface area (Å²) in [5.74, 6) is 2.02. The Kier molecular flexibility index (Phi) is 4.40. The summed E-state index contributed by atoms with van der Waals surface area (Å²) >= 11 is 1.78. The van der Waals surface area contributed by atoms with Crippen molar-refractivity contribution in [2.24, 2.45) is 4.99 Å². The quantitative estimate of drug-likeness (QED) is 0.901. The first-order valence-corrected chi connectivity index (χ1v) is 7.70. The Bertz CT molecular complexity index is 452. The van der Waals surface area contributed by atoms with Crippen LogP contribution in [0.2, 0.25) is 0 Å². The summed E-state index contributed by atoms with van der Waals surface area (Å²) < 4.78 is 5.63. The van der Waals surface area contributed by atoms with Gasteiger partial charge in [-0.05, 0) is 58.4 Å². The molecule has 0 fully saturated rings. The third kappa shape index (κ3) is 4.46. The molecule has 0 spiro atoms. The molecule has 0 unspecified atom stereocenters. The molecule has 0 saturated heterocycles. The highest BCUT2D eigenvalue weighted by Gasteiger charge is 2.22. The van der Waals surface area contributed by atoms with E-state index in [9.17, 15) is 0 Å². The summed E-state index contributed by atoms with van der Waals surface area (Å²) in [6.07, 6.45) is 1.34. The van der Waals surface area contributed by atoms with E-state index in [-0.39, 0.29) is 11.6 Å². The minimum absolute atomic E-state index is 0.0499. The Morgan fingerprint density at radius 2 is 1.95 bits per heavy atom. The second kappa shape index (κ2) is 5.87. The van der Waals surface area contributed by atoms with Crippen molar-refractivity contribution in [3.63, 3.8) is 0 Å². The Labute approximate surface area is 119 Å². The molecule has 0 amide bonds. The van der Waals surface area contributed by atoms with Gasteiger partial charge in [0.05, 0.1) is 11.6 Å². The van der Waals surface area contributed by atoms with Gasteiger partial charge in [0, 0.05) is 11.4 Å². The largest absolute Gasteiger partial charge is 0.491 e. The van der Waals surface area contributed by atoms with E-state index in [1.807, 2.05) is 38.1 Å². The normalized spacial score (nSPS) is 18.1. The highest BCUT2D eigenvalue weighted by Crippen LogP contribution is 2.27. The van der Waals surface area contributed by atoms with Gasteiger partial charge in [-0.25, -0.2) is 0 Å². The molecule has 0 aromatic heterocycles. The molecule has 1 aliphatic heterocycles. The van der Waals surface area contributed by atoms with Gasteiger partial charge in [0.15, 0.2) is 5.17 Å². The average molecular weight is 278 g/mol. The fraction of sp³-hybridized carbons (Fsp3) is 0.533. The number of ether oxygens (including phenoxy) is 1. The van der Waals surface area contributed by atoms with Crippen molar-refractivity contribution in [3.05, 3.63) is 24.3 Å². The van der Waals surface area contributed by atoms with Crippen molar-refractivity contribution in [1.29, 1.82) is 0 Å². The Morgan fingerprint density at radius 1 is 1.26 bits per heavy atom. The lowest BCUT2D eigenvalue weighted by Crippen LogP contribution is -2.27. The number of amidine groups is 1. The molecule has 4 heteroatoms. The zero-order valence-electron chi connectivity index (χ0n) is 12.1. The lowest BCUT2D eigenvalue weighted by Gasteiger charge is -2.26. The van der Waals surface area contributed by atoms with E-state index in [0.29, 0.717) is 0 Å². The second-order valence-electron chi connectivity index (χ2n) is 5.64. The monoisotopic (exact) mass is 278 g/mol. The van der Waals surface area contributed by atoms with Crippen LogP contribution >= 0.6 is 11.8 Å². The van der Waals surface area contributed by atoms with Gasteiger partial charge in [-0.1, -0.05) is 11.8 Å². The molecule has 3 nitrogen and oxygen atoms in total. The number of thioether (sulfide) groups is 1. The number of aliphatic imine (C=N–C) groups is 1. The summed E-state index contributed by atoms with van der Waals surface area (Å²) in [6, 6.07) is 8.04. The topological polar surface area (TPSA) is 33.6 Å². The number of nitrogens with zero attached hydrogens (tertiary/aromatic N) is 1. The van der Waals surface area contributed by atoms with E-state index >= 15 is 0 Å². The first kappa shape index (κ1) is 14.3. The summed E-state index contributed by atoms with van der Waals surface area (Å²) in [5.41, 5.74) is 1.11. The maximum Gasteiger partial charge on any atom is 0.161 e. The first-order chi connectivity index (χ1) is 8.94. The van der Waals surface area contributed by atoms with E-state index in [4.69, 9.17) is 9.73 Å². The zero-order valence-corrected chi connectivity index (χ0v) is 12.9. The molecule has 1 aromatic rings. The van der Waals surface area contributed by atoms with Gasteiger partial charge in [0.1, 0.15) is 5.75 Å². The highest BCUT2D eigenvalue weighted by molar-refractivity contribution is 8.14. The number of benzene rings is 1. The molecule has 1 heterocycles. The highest BCUT2D eigenvalue weighted by atomic mass is 32.2. The molecule has 0 radical (unpaired) electrons. The van der Waals surface area contributed by atoms with Crippen LogP contribution in [0.1, 0.15) is 34.1 Å². The van der Waals surface area contributed by atoms with E-state index in [0.717, 1.165) is 28.8 Å². The maximum atomic E-state index is 5.63. The fourth-order valence-corrected chi connectivity index (χ4v) is 3.13. The third-order valence-corrected chi connectivity index (χ3v) is 3.71. The van der Waals surface area contributed by atoms with Crippen LogP contribution in [0, 0.1) is 0 Å².